The second kappa shape index (κ2) is 5.86. The van der Waals surface area contributed by atoms with E-state index < -0.39 is 0 Å². The maximum Gasteiger partial charge on any atom is 0.134 e. The second-order valence-electron chi connectivity index (χ2n) is 3.11. The Kier molecular flexibility index (Phi) is 4.74. The van der Waals surface area contributed by atoms with Gasteiger partial charge in [0.1, 0.15) is 11.9 Å². The Morgan fingerprint density at radius 2 is 2.21 bits per heavy atom. The van der Waals surface area contributed by atoms with Gasteiger partial charge in [-0.25, -0.2) is 0 Å². The Bertz CT molecular complexity index is 296. The molecule has 0 saturated heterocycles. The smallest absolute Gasteiger partial charge is 0.134 e. The molecule has 0 saturated carbocycles. The molecule has 0 spiro atoms. The Labute approximate surface area is 93.9 Å². The molecule has 0 aliphatic rings. The average molecular weight is 255 g/mol. The van der Waals surface area contributed by atoms with Crippen LogP contribution < -0.4 is 4.74 Å². The minimum atomic E-state index is 0.110. The van der Waals surface area contributed by atoms with Crippen LogP contribution in [-0.4, -0.2) is 6.10 Å². The van der Waals surface area contributed by atoms with Crippen LogP contribution in [0.3, 0.4) is 0 Å². The zero-order chi connectivity index (χ0) is 10.4. The normalized spacial score (nSPS) is 12.1. The van der Waals surface area contributed by atoms with E-state index in [1.54, 1.807) is 0 Å². The molecule has 0 aromatic heterocycles. The van der Waals surface area contributed by atoms with Gasteiger partial charge in [-0.05, 0) is 34.5 Å². The van der Waals surface area contributed by atoms with Crippen LogP contribution in [0.25, 0.3) is 0 Å². The van der Waals surface area contributed by atoms with Gasteiger partial charge < -0.3 is 4.74 Å². The van der Waals surface area contributed by atoms with Crippen LogP contribution >= 0.6 is 15.9 Å². The molecule has 0 bridgehead atoms. The molecule has 0 fully saturated rings. The Morgan fingerprint density at radius 3 is 2.79 bits per heavy atom. The topological polar surface area (TPSA) is 9.23 Å². The Hall–Kier alpha value is -0.760. The molecule has 0 aliphatic heterocycles. The van der Waals surface area contributed by atoms with Gasteiger partial charge in [-0.3, -0.25) is 0 Å². The first-order valence-electron chi connectivity index (χ1n) is 4.81. The lowest BCUT2D eigenvalue weighted by Crippen LogP contribution is -2.12. The van der Waals surface area contributed by atoms with Gasteiger partial charge >= 0.3 is 0 Å². The summed E-state index contributed by atoms with van der Waals surface area (Å²) in [5.41, 5.74) is 0. The molecule has 1 atom stereocenters. The number of para-hydroxylation sites is 1. The Morgan fingerprint density at radius 1 is 1.50 bits per heavy atom. The molecule has 14 heavy (non-hydrogen) atoms. The van der Waals surface area contributed by atoms with Crippen LogP contribution in [0.1, 0.15) is 19.8 Å². The fourth-order valence-corrected chi connectivity index (χ4v) is 1.59. The van der Waals surface area contributed by atoms with Gasteiger partial charge in [-0.1, -0.05) is 38.1 Å². The van der Waals surface area contributed by atoms with E-state index in [1.165, 1.54) is 0 Å². The summed E-state index contributed by atoms with van der Waals surface area (Å²) in [6, 6.07) is 7.86. The van der Waals surface area contributed by atoms with Gasteiger partial charge in [0, 0.05) is 0 Å². The summed E-state index contributed by atoms with van der Waals surface area (Å²) >= 11 is 3.45. The molecule has 1 aromatic rings. The zero-order valence-electron chi connectivity index (χ0n) is 8.37. The Balaban J connectivity index is 2.66. The predicted molar refractivity (Wildman–Crippen MR) is 63.7 cm³/mol. The minimum Gasteiger partial charge on any atom is -0.485 e. The van der Waals surface area contributed by atoms with E-state index in [9.17, 15) is 0 Å². The van der Waals surface area contributed by atoms with Crippen molar-refractivity contribution >= 4 is 15.9 Å². The highest BCUT2D eigenvalue weighted by molar-refractivity contribution is 9.10. The minimum absolute atomic E-state index is 0.110. The molecule has 0 N–H and O–H groups in total. The van der Waals surface area contributed by atoms with Crippen LogP contribution in [0.15, 0.2) is 41.4 Å². The summed E-state index contributed by atoms with van der Waals surface area (Å²) in [5, 5.41) is 0. The first kappa shape index (κ1) is 11.3. The van der Waals surface area contributed by atoms with E-state index in [1.807, 2.05) is 30.3 Å². The molecule has 0 unspecified atom stereocenters. The maximum atomic E-state index is 5.77. The summed E-state index contributed by atoms with van der Waals surface area (Å²) in [4.78, 5) is 0. The number of halogens is 1. The van der Waals surface area contributed by atoms with E-state index >= 15 is 0 Å². The van der Waals surface area contributed by atoms with Crippen LogP contribution in [0.5, 0.6) is 5.75 Å². The van der Waals surface area contributed by atoms with Gasteiger partial charge in [-0.2, -0.15) is 0 Å². The molecular weight excluding hydrogens is 240 g/mol. The molecule has 76 valence electrons. The molecule has 0 amide bonds. The summed E-state index contributed by atoms with van der Waals surface area (Å²) in [5.74, 6) is 0.880. The van der Waals surface area contributed by atoms with Crippen LogP contribution in [0.2, 0.25) is 0 Å². The lowest BCUT2D eigenvalue weighted by Gasteiger charge is -2.15. The number of ether oxygens (including phenoxy) is 1. The number of hydrogen-bond acceptors (Lipinski definition) is 1. The van der Waals surface area contributed by atoms with Crippen LogP contribution in [0.4, 0.5) is 0 Å². The highest BCUT2D eigenvalue weighted by Crippen LogP contribution is 2.25. The van der Waals surface area contributed by atoms with Gasteiger partial charge in [0.25, 0.3) is 0 Å². The summed E-state index contributed by atoms with van der Waals surface area (Å²) in [6.07, 6.45) is 4.06. The quantitative estimate of drug-likeness (QED) is 0.717. The van der Waals surface area contributed by atoms with Gasteiger partial charge in [0.05, 0.1) is 4.47 Å². The molecule has 2 heteroatoms. The third-order valence-electron chi connectivity index (χ3n) is 1.95. The van der Waals surface area contributed by atoms with Crippen molar-refractivity contribution < 1.29 is 4.74 Å². The fourth-order valence-electron chi connectivity index (χ4n) is 1.21. The molecule has 0 radical (unpaired) electrons. The number of rotatable bonds is 5. The van der Waals surface area contributed by atoms with Crippen molar-refractivity contribution in [2.45, 2.75) is 25.9 Å². The molecule has 1 aromatic carbocycles. The monoisotopic (exact) mass is 254 g/mol. The number of hydrogen-bond donors (Lipinski definition) is 0. The van der Waals surface area contributed by atoms with E-state index in [0.717, 1.165) is 23.1 Å². The zero-order valence-corrected chi connectivity index (χ0v) is 9.96. The highest BCUT2D eigenvalue weighted by Gasteiger charge is 2.06. The van der Waals surface area contributed by atoms with Gasteiger partial charge in [0.15, 0.2) is 0 Å². The van der Waals surface area contributed by atoms with Crippen LogP contribution in [-0.2, 0) is 0 Å². The van der Waals surface area contributed by atoms with Crippen molar-refractivity contribution in [3.8, 4) is 5.75 Å². The standard InChI is InChI=1S/C12H15BrO/c1-3-7-10(4-2)14-12-9-6-5-8-11(12)13/h4-6,8-10H,2-3,7H2,1H3/t10-/m0/s1. The lowest BCUT2D eigenvalue weighted by atomic mass is 10.2. The summed E-state index contributed by atoms with van der Waals surface area (Å²) in [7, 11) is 0. The lowest BCUT2D eigenvalue weighted by molar-refractivity contribution is 0.236. The molecule has 1 rings (SSSR count). The summed E-state index contributed by atoms with van der Waals surface area (Å²) in [6.45, 7) is 5.90. The van der Waals surface area contributed by atoms with Crippen molar-refractivity contribution in [2.24, 2.45) is 0 Å². The highest BCUT2D eigenvalue weighted by atomic mass is 79.9. The van der Waals surface area contributed by atoms with Crippen molar-refractivity contribution in [1.82, 2.24) is 0 Å². The van der Waals surface area contributed by atoms with Crippen molar-refractivity contribution in [1.29, 1.82) is 0 Å². The van der Waals surface area contributed by atoms with Crippen molar-refractivity contribution in [3.05, 3.63) is 41.4 Å². The largest absolute Gasteiger partial charge is 0.485 e. The first-order chi connectivity index (χ1) is 6.77. The molecular formula is C12H15BrO. The maximum absolute atomic E-state index is 5.77. The fraction of sp³-hybridized carbons (Fsp3) is 0.333. The van der Waals surface area contributed by atoms with E-state index in [-0.39, 0.29) is 6.10 Å². The number of benzene rings is 1. The van der Waals surface area contributed by atoms with Crippen molar-refractivity contribution in [2.75, 3.05) is 0 Å². The SMILES string of the molecule is C=C[C@@H](CCC)Oc1ccccc1Br. The first-order valence-corrected chi connectivity index (χ1v) is 5.61. The van der Waals surface area contributed by atoms with E-state index in [4.69, 9.17) is 4.74 Å². The molecule has 0 aliphatic carbocycles. The van der Waals surface area contributed by atoms with Gasteiger partial charge in [0.2, 0.25) is 0 Å². The molecule has 1 nitrogen and oxygen atoms in total. The van der Waals surface area contributed by atoms with Gasteiger partial charge in [-0.15, -0.1) is 0 Å². The second-order valence-corrected chi connectivity index (χ2v) is 3.97. The third kappa shape index (κ3) is 3.18. The predicted octanol–water partition coefficient (Wildman–Crippen LogP) is 4.18. The van der Waals surface area contributed by atoms with Crippen LogP contribution in [0, 0.1) is 0 Å². The van der Waals surface area contributed by atoms with E-state index in [2.05, 4.69) is 29.4 Å². The molecule has 0 heterocycles. The average Bonchev–Trinajstić information content (AvgIpc) is 2.20. The third-order valence-corrected chi connectivity index (χ3v) is 2.61. The van der Waals surface area contributed by atoms with Crippen molar-refractivity contribution in [3.63, 3.8) is 0 Å². The summed E-state index contributed by atoms with van der Waals surface area (Å²) < 4.78 is 6.76. The van der Waals surface area contributed by atoms with E-state index in [0.29, 0.717) is 0 Å².